The van der Waals surface area contributed by atoms with Gasteiger partial charge >= 0.3 is 0 Å². The van der Waals surface area contributed by atoms with Crippen LogP contribution in [-0.2, 0) is 0 Å². The molecule has 4 aliphatic carbocycles. The minimum absolute atomic E-state index is 0.00451. The smallest absolute Gasteiger partial charge is 0.122 e. The number of hydrogen-bond acceptors (Lipinski definition) is 0. The second kappa shape index (κ2) is 5.20. The third-order valence-electron chi connectivity index (χ3n) is 8.62. The third kappa shape index (κ3) is 2.01. The molecule has 8 atom stereocenters. The van der Waals surface area contributed by atoms with Crippen LogP contribution in [0.15, 0.2) is 23.8 Å². The molecule has 128 valence electrons. The van der Waals surface area contributed by atoms with Crippen LogP contribution in [0.25, 0.3) is 0 Å². The minimum atomic E-state index is -0.704. The summed E-state index contributed by atoms with van der Waals surface area (Å²) in [6.07, 6.45) is 13.1. The van der Waals surface area contributed by atoms with Gasteiger partial charge in [-0.15, -0.1) is 0 Å². The van der Waals surface area contributed by atoms with Gasteiger partial charge in [0.2, 0.25) is 0 Å². The Morgan fingerprint density at radius 1 is 1.22 bits per heavy atom. The van der Waals surface area contributed by atoms with Crippen LogP contribution in [0.2, 0.25) is 0 Å². The van der Waals surface area contributed by atoms with Crippen molar-refractivity contribution < 1.29 is 4.39 Å². The predicted octanol–water partition coefficient (Wildman–Crippen LogP) is 6.34. The van der Waals surface area contributed by atoms with Crippen LogP contribution < -0.4 is 0 Å². The predicted molar refractivity (Wildman–Crippen MR) is 94.8 cm³/mol. The molecule has 4 rings (SSSR count). The molecule has 0 heterocycles. The number of halogens is 1. The maximum Gasteiger partial charge on any atom is 0.122 e. The molecule has 0 radical (unpaired) electrons. The zero-order valence-corrected chi connectivity index (χ0v) is 15.3. The fraction of sp³-hybridized carbons (Fsp3) is 0.818. The molecule has 3 fully saturated rings. The van der Waals surface area contributed by atoms with Gasteiger partial charge in [0.1, 0.15) is 6.17 Å². The molecule has 0 aromatic carbocycles. The van der Waals surface area contributed by atoms with E-state index < -0.39 is 6.17 Å². The Kier molecular flexibility index (Phi) is 3.60. The van der Waals surface area contributed by atoms with E-state index in [0.29, 0.717) is 17.3 Å². The molecular weight excluding hydrogens is 283 g/mol. The monoisotopic (exact) mass is 316 g/mol. The van der Waals surface area contributed by atoms with Gasteiger partial charge in [-0.1, -0.05) is 52.3 Å². The molecule has 0 saturated heterocycles. The van der Waals surface area contributed by atoms with E-state index in [1.54, 1.807) is 0 Å². The number of allylic oxidation sites excluding steroid dienone is 4. The van der Waals surface area contributed by atoms with E-state index in [2.05, 4.69) is 45.9 Å². The molecule has 0 nitrogen and oxygen atoms in total. The van der Waals surface area contributed by atoms with Crippen LogP contribution in [0, 0.1) is 40.4 Å². The van der Waals surface area contributed by atoms with Gasteiger partial charge in [-0.05, 0) is 72.7 Å². The van der Waals surface area contributed by atoms with Crippen molar-refractivity contribution in [1.82, 2.24) is 0 Å². The summed E-state index contributed by atoms with van der Waals surface area (Å²) in [5, 5.41) is 0. The molecule has 0 amide bonds. The van der Waals surface area contributed by atoms with Crippen molar-refractivity contribution in [2.24, 2.45) is 40.4 Å². The van der Waals surface area contributed by atoms with Gasteiger partial charge < -0.3 is 0 Å². The van der Waals surface area contributed by atoms with Crippen LogP contribution >= 0.6 is 0 Å². The lowest BCUT2D eigenvalue weighted by Crippen LogP contribution is -2.51. The first-order chi connectivity index (χ1) is 10.9. The second-order valence-corrected chi connectivity index (χ2v) is 9.43. The standard InChI is InChI=1S/C22H33F/c1-5-16-14(2)12-19-15-13-20(23)18-8-6-7-10-21(18,3)17(15)9-11-22(16,19)4/h7-8,10,14-17,19-20H,5-6,9,11-13H2,1-4H3/t14-,15-,16+,17+,19+,20+,21-,22-/m1/s1. The van der Waals surface area contributed by atoms with E-state index in [0.717, 1.165) is 36.2 Å². The summed E-state index contributed by atoms with van der Waals surface area (Å²) in [6.45, 7) is 9.70. The Bertz CT molecular complexity index is 546. The summed E-state index contributed by atoms with van der Waals surface area (Å²) in [7, 11) is 0. The first-order valence-electron chi connectivity index (χ1n) is 9.94. The molecule has 0 bridgehead atoms. The fourth-order valence-corrected chi connectivity index (χ4v) is 7.69. The summed E-state index contributed by atoms with van der Waals surface area (Å²) in [6, 6.07) is 0. The first kappa shape index (κ1) is 15.9. The largest absolute Gasteiger partial charge is 0.243 e. The minimum Gasteiger partial charge on any atom is -0.243 e. The Hall–Kier alpha value is -0.590. The number of hydrogen-bond donors (Lipinski definition) is 0. The van der Waals surface area contributed by atoms with E-state index in [-0.39, 0.29) is 5.41 Å². The summed E-state index contributed by atoms with van der Waals surface area (Å²) in [5.41, 5.74) is 1.57. The van der Waals surface area contributed by atoms with Crippen molar-refractivity contribution in [3.63, 3.8) is 0 Å². The quantitative estimate of drug-likeness (QED) is 0.495. The Morgan fingerprint density at radius 2 is 2.00 bits per heavy atom. The topological polar surface area (TPSA) is 0 Å². The number of rotatable bonds is 1. The summed E-state index contributed by atoms with van der Waals surface area (Å²) < 4.78 is 15.1. The molecule has 0 aliphatic heterocycles. The zero-order valence-electron chi connectivity index (χ0n) is 15.3. The van der Waals surface area contributed by atoms with Gasteiger partial charge in [0.15, 0.2) is 0 Å². The maximum atomic E-state index is 15.1. The van der Waals surface area contributed by atoms with E-state index in [1.165, 1.54) is 25.7 Å². The lowest BCUT2D eigenvalue weighted by molar-refractivity contribution is -0.0498. The van der Waals surface area contributed by atoms with Crippen LogP contribution in [0.3, 0.4) is 0 Å². The average molecular weight is 317 g/mol. The summed E-state index contributed by atoms with van der Waals surface area (Å²) in [4.78, 5) is 0. The van der Waals surface area contributed by atoms with E-state index in [9.17, 15) is 0 Å². The van der Waals surface area contributed by atoms with E-state index in [4.69, 9.17) is 0 Å². The fourth-order valence-electron chi connectivity index (χ4n) is 7.69. The van der Waals surface area contributed by atoms with Crippen molar-refractivity contribution >= 4 is 0 Å². The van der Waals surface area contributed by atoms with Crippen LogP contribution in [0.4, 0.5) is 4.39 Å². The molecule has 1 heteroatoms. The zero-order chi connectivity index (χ0) is 16.4. The van der Waals surface area contributed by atoms with Crippen molar-refractivity contribution in [2.75, 3.05) is 0 Å². The molecule has 0 N–H and O–H groups in total. The third-order valence-corrected chi connectivity index (χ3v) is 8.62. The van der Waals surface area contributed by atoms with Crippen molar-refractivity contribution in [2.45, 2.75) is 72.4 Å². The molecule has 0 unspecified atom stereocenters. The first-order valence-corrected chi connectivity index (χ1v) is 9.94. The lowest BCUT2D eigenvalue weighted by atomic mass is 9.47. The normalized spacial score (nSPS) is 54.9. The highest BCUT2D eigenvalue weighted by atomic mass is 19.1. The van der Waals surface area contributed by atoms with Crippen LogP contribution in [-0.4, -0.2) is 6.17 Å². The SMILES string of the molecule is CC[C@H]1[C@H](C)C[C@H]2[C@@H]3C[C@H](F)C4=CCC=C[C@]4(C)[C@H]3CC[C@@]21C. The van der Waals surface area contributed by atoms with Crippen molar-refractivity contribution in [3.05, 3.63) is 23.8 Å². The van der Waals surface area contributed by atoms with Crippen molar-refractivity contribution in [1.29, 1.82) is 0 Å². The number of fused-ring (bicyclic) bond motifs is 5. The molecule has 0 spiro atoms. The molecule has 4 aliphatic rings. The Balaban J connectivity index is 1.72. The summed E-state index contributed by atoms with van der Waals surface area (Å²) >= 11 is 0. The van der Waals surface area contributed by atoms with Gasteiger partial charge in [0.05, 0.1) is 0 Å². The Labute approximate surface area is 141 Å². The van der Waals surface area contributed by atoms with Crippen LogP contribution in [0.1, 0.15) is 66.2 Å². The summed E-state index contributed by atoms with van der Waals surface area (Å²) in [5.74, 6) is 3.66. The molecule has 3 saturated carbocycles. The molecule has 0 aromatic heterocycles. The molecular formula is C22H33F. The maximum absolute atomic E-state index is 15.1. The highest BCUT2D eigenvalue weighted by Gasteiger charge is 2.60. The van der Waals surface area contributed by atoms with E-state index >= 15 is 4.39 Å². The van der Waals surface area contributed by atoms with Gasteiger partial charge in [-0.2, -0.15) is 0 Å². The van der Waals surface area contributed by atoms with Crippen molar-refractivity contribution in [3.8, 4) is 0 Å². The molecule has 23 heavy (non-hydrogen) atoms. The average Bonchev–Trinajstić information content (AvgIpc) is 2.77. The highest BCUT2D eigenvalue weighted by Crippen LogP contribution is 2.67. The number of alkyl halides is 1. The second-order valence-electron chi connectivity index (χ2n) is 9.43. The van der Waals surface area contributed by atoms with Crippen LogP contribution in [0.5, 0.6) is 0 Å². The molecule has 0 aromatic rings. The van der Waals surface area contributed by atoms with Gasteiger partial charge in [0.25, 0.3) is 0 Å². The lowest BCUT2D eigenvalue weighted by Gasteiger charge is -2.57. The van der Waals surface area contributed by atoms with Gasteiger partial charge in [-0.25, -0.2) is 4.39 Å². The van der Waals surface area contributed by atoms with E-state index in [1.807, 2.05) is 0 Å². The highest BCUT2D eigenvalue weighted by molar-refractivity contribution is 5.34. The Morgan fingerprint density at radius 3 is 2.74 bits per heavy atom. The van der Waals surface area contributed by atoms with Gasteiger partial charge in [0, 0.05) is 5.41 Å². The van der Waals surface area contributed by atoms with Gasteiger partial charge in [-0.3, -0.25) is 0 Å².